The molecule has 0 bridgehead atoms. The number of halogens is 2. The van der Waals surface area contributed by atoms with E-state index in [1.807, 2.05) is 4.90 Å². The smallest absolute Gasteiger partial charge is 0.255 e. The highest BCUT2D eigenvalue weighted by Crippen LogP contribution is 2.31. The van der Waals surface area contributed by atoms with E-state index in [4.69, 9.17) is 23.2 Å². The molecular weight excluding hydrogens is 343 g/mol. The molecule has 0 saturated carbocycles. The number of carbonyl (C=O) groups is 1. The van der Waals surface area contributed by atoms with Crippen LogP contribution >= 0.6 is 23.2 Å². The van der Waals surface area contributed by atoms with E-state index in [1.165, 1.54) is 0 Å². The van der Waals surface area contributed by atoms with Crippen molar-refractivity contribution in [2.24, 2.45) is 5.92 Å². The van der Waals surface area contributed by atoms with Gasteiger partial charge in [-0.3, -0.25) is 4.79 Å². The summed E-state index contributed by atoms with van der Waals surface area (Å²) in [5, 5.41) is 4.29. The second-order valence-electron chi connectivity index (χ2n) is 7.19. The highest BCUT2D eigenvalue weighted by Gasteiger charge is 2.41. The third-order valence-corrected chi connectivity index (χ3v) is 6.08. The van der Waals surface area contributed by atoms with Gasteiger partial charge in [-0.15, -0.1) is 0 Å². The van der Waals surface area contributed by atoms with Crippen molar-refractivity contribution < 1.29 is 4.79 Å². The van der Waals surface area contributed by atoms with E-state index < -0.39 is 0 Å². The zero-order valence-corrected chi connectivity index (χ0v) is 16.5. The van der Waals surface area contributed by atoms with Crippen LogP contribution in [0.5, 0.6) is 0 Å². The van der Waals surface area contributed by atoms with Crippen LogP contribution < -0.4 is 5.32 Å². The molecule has 1 aliphatic rings. The zero-order chi connectivity index (χ0) is 17.9. The van der Waals surface area contributed by atoms with Crippen molar-refractivity contribution in [3.63, 3.8) is 0 Å². The third kappa shape index (κ3) is 4.07. The molecule has 3 nitrogen and oxygen atoms in total. The predicted molar refractivity (Wildman–Crippen MR) is 102 cm³/mol. The van der Waals surface area contributed by atoms with Gasteiger partial charge in [-0.25, -0.2) is 0 Å². The molecule has 1 saturated heterocycles. The van der Waals surface area contributed by atoms with Crippen LogP contribution in [0.25, 0.3) is 0 Å². The molecule has 24 heavy (non-hydrogen) atoms. The fourth-order valence-corrected chi connectivity index (χ4v) is 3.94. The minimum atomic E-state index is -0.104. The Morgan fingerprint density at radius 3 is 2.54 bits per heavy atom. The Morgan fingerprint density at radius 1 is 1.33 bits per heavy atom. The minimum absolute atomic E-state index is 0.0174. The molecule has 0 aromatic heterocycles. The Hall–Kier alpha value is -0.770. The lowest BCUT2D eigenvalue weighted by molar-refractivity contribution is 0.0569. The lowest BCUT2D eigenvalue weighted by atomic mass is 9.92. The maximum Gasteiger partial charge on any atom is 0.255 e. The van der Waals surface area contributed by atoms with Gasteiger partial charge in [-0.2, -0.15) is 0 Å². The van der Waals surface area contributed by atoms with Gasteiger partial charge >= 0.3 is 0 Å². The second kappa shape index (κ2) is 8.07. The number of rotatable bonds is 6. The molecule has 134 valence electrons. The number of hydrogen-bond donors (Lipinski definition) is 1. The van der Waals surface area contributed by atoms with E-state index in [0.29, 0.717) is 21.5 Å². The average Bonchev–Trinajstić information content (AvgIpc) is 2.90. The summed E-state index contributed by atoms with van der Waals surface area (Å²) < 4.78 is 0. The highest BCUT2D eigenvalue weighted by molar-refractivity contribution is 6.43. The summed E-state index contributed by atoms with van der Waals surface area (Å²) >= 11 is 12.4. The fraction of sp³-hybridized carbons (Fsp3) is 0.632. The van der Waals surface area contributed by atoms with Gasteiger partial charge < -0.3 is 10.2 Å². The normalized spacial score (nSPS) is 19.7. The first-order chi connectivity index (χ1) is 11.3. The fourth-order valence-electron chi connectivity index (χ4n) is 3.56. The average molecular weight is 371 g/mol. The summed E-state index contributed by atoms with van der Waals surface area (Å²) in [5.74, 6) is 0.472. The van der Waals surface area contributed by atoms with Gasteiger partial charge in [0.05, 0.1) is 21.7 Å². The summed E-state index contributed by atoms with van der Waals surface area (Å²) in [6, 6.07) is 5.42. The van der Waals surface area contributed by atoms with E-state index in [9.17, 15) is 4.79 Å². The van der Waals surface area contributed by atoms with Crippen molar-refractivity contribution in [3.8, 4) is 0 Å². The quantitative estimate of drug-likeness (QED) is 0.762. The zero-order valence-electron chi connectivity index (χ0n) is 15.0. The number of nitrogens with one attached hydrogen (secondary N) is 1. The van der Waals surface area contributed by atoms with Crippen molar-refractivity contribution in [3.05, 3.63) is 33.8 Å². The topological polar surface area (TPSA) is 32.3 Å². The van der Waals surface area contributed by atoms with Gasteiger partial charge in [0.15, 0.2) is 0 Å². The van der Waals surface area contributed by atoms with Gasteiger partial charge in [0.25, 0.3) is 5.91 Å². The molecule has 1 amide bonds. The molecule has 1 N–H and O–H groups in total. The van der Waals surface area contributed by atoms with Crippen LogP contribution in [0.3, 0.4) is 0 Å². The van der Waals surface area contributed by atoms with Crippen LogP contribution in [0, 0.1) is 5.92 Å². The molecule has 0 radical (unpaired) electrons. The van der Waals surface area contributed by atoms with Crippen LogP contribution in [0.1, 0.15) is 57.3 Å². The van der Waals surface area contributed by atoms with Gasteiger partial charge in [-0.1, -0.05) is 56.0 Å². The van der Waals surface area contributed by atoms with Crippen molar-refractivity contribution in [1.29, 1.82) is 0 Å². The number of nitrogens with zero attached hydrogens (tertiary/aromatic N) is 1. The van der Waals surface area contributed by atoms with E-state index in [0.717, 1.165) is 32.4 Å². The van der Waals surface area contributed by atoms with E-state index in [-0.39, 0.29) is 17.5 Å². The van der Waals surface area contributed by atoms with Crippen LogP contribution in [0.15, 0.2) is 18.2 Å². The molecule has 5 heteroatoms. The summed E-state index contributed by atoms with van der Waals surface area (Å²) in [6.45, 7) is 10.4. The van der Waals surface area contributed by atoms with Crippen LogP contribution in [0.2, 0.25) is 10.0 Å². The first-order valence-corrected chi connectivity index (χ1v) is 9.57. The second-order valence-corrected chi connectivity index (χ2v) is 7.98. The van der Waals surface area contributed by atoms with E-state index in [2.05, 4.69) is 33.0 Å². The third-order valence-electron chi connectivity index (χ3n) is 5.26. The Labute approximate surface area is 155 Å². The van der Waals surface area contributed by atoms with Crippen molar-refractivity contribution in [1.82, 2.24) is 10.2 Å². The van der Waals surface area contributed by atoms with Crippen molar-refractivity contribution >= 4 is 29.1 Å². The molecule has 2 rings (SSSR count). The maximum absolute atomic E-state index is 13.3. The molecule has 1 aromatic rings. The van der Waals surface area contributed by atoms with Crippen LogP contribution in [0.4, 0.5) is 0 Å². The van der Waals surface area contributed by atoms with Gasteiger partial charge in [0.1, 0.15) is 0 Å². The first kappa shape index (κ1) is 19.6. The largest absolute Gasteiger partial charge is 0.333 e. The number of hydrogen-bond acceptors (Lipinski definition) is 2. The first-order valence-electron chi connectivity index (χ1n) is 8.81. The summed E-state index contributed by atoms with van der Waals surface area (Å²) in [7, 11) is 0. The number of amides is 1. The van der Waals surface area contributed by atoms with Gasteiger partial charge in [-0.05, 0) is 44.9 Å². The maximum atomic E-state index is 13.3. The molecule has 0 unspecified atom stereocenters. The van der Waals surface area contributed by atoms with Crippen molar-refractivity contribution in [2.75, 3.05) is 13.1 Å². The van der Waals surface area contributed by atoms with Crippen LogP contribution in [-0.2, 0) is 0 Å². The Kier molecular flexibility index (Phi) is 6.58. The number of carbonyl (C=O) groups excluding carboxylic acids is 1. The van der Waals surface area contributed by atoms with E-state index in [1.54, 1.807) is 18.2 Å². The minimum Gasteiger partial charge on any atom is -0.333 e. The molecule has 1 aliphatic heterocycles. The van der Waals surface area contributed by atoms with E-state index >= 15 is 0 Å². The molecule has 1 aromatic carbocycles. The molecule has 1 atom stereocenters. The Morgan fingerprint density at radius 2 is 2.00 bits per heavy atom. The predicted octanol–water partition coefficient (Wildman–Crippen LogP) is 5.01. The summed E-state index contributed by atoms with van der Waals surface area (Å²) in [6.07, 6.45) is 3.07. The van der Waals surface area contributed by atoms with Crippen molar-refractivity contribution in [2.45, 2.75) is 58.5 Å². The number of benzene rings is 1. The molecule has 1 fully saturated rings. The standard InChI is InChI=1S/C19H28Cl2N2O/c1-5-13(6-2)12-23(16-10-11-22-19(16,3)4)18(24)14-8-7-9-15(20)17(14)21/h7-9,13,16,22H,5-6,10-12H2,1-4H3/t16-/m0/s1. The van der Waals surface area contributed by atoms with Gasteiger partial charge in [0, 0.05) is 12.1 Å². The summed E-state index contributed by atoms with van der Waals surface area (Å²) in [5.41, 5.74) is 0.394. The Balaban J connectivity index is 2.37. The molecule has 0 spiro atoms. The lowest BCUT2D eigenvalue weighted by Crippen LogP contribution is -2.54. The SMILES string of the molecule is CCC(CC)CN(C(=O)c1cccc(Cl)c1Cl)[C@H]1CCNC1(C)C. The molecule has 0 aliphatic carbocycles. The molecule has 1 heterocycles. The molecular formula is C19H28Cl2N2O. The summed E-state index contributed by atoms with van der Waals surface area (Å²) in [4.78, 5) is 15.3. The Bertz CT molecular complexity index is 585. The van der Waals surface area contributed by atoms with Crippen LogP contribution in [-0.4, -0.2) is 35.5 Å². The highest BCUT2D eigenvalue weighted by atomic mass is 35.5. The van der Waals surface area contributed by atoms with Gasteiger partial charge in [0.2, 0.25) is 0 Å². The lowest BCUT2D eigenvalue weighted by Gasteiger charge is -2.39. The monoisotopic (exact) mass is 370 g/mol.